The first kappa shape index (κ1) is 13.5. The average molecular weight is 247 g/mol. The topological polar surface area (TPSA) is 80.4 Å². The van der Waals surface area contributed by atoms with Gasteiger partial charge in [0.25, 0.3) is 10.1 Å². The summed E-state index contributed by atoms with van der Waals surface area (Å²) in [6, 6.07) is 9.59. The molecule has 2 aromatic carbocycles. The maximum atomic E-state index is 10.9. The Labute approximate surface area is 117 Å². The van der Waals surface area contributed by atoms with Crippen LogP contribution in [0.4, 0.5) is 5.69 Å². The first-order valence-electron chi connectivity index (χ1n) is 4.24. The third-order valence-electron chi connectivity index (χ3n) is 2.19. The molecule has 0 spiro atoms. The maximum absolute atomic E-state index is 10.9. The predicted molar refractivity (Wildman–Crippen MR) is 59.3 cm³/mol. The van der Waals surface area contributed by atoms with Crippen molar-refractivity contribution >= 4 is 26.6 Å². The van der Waals surface area contributed by atoms with Gasteiger partial charge in [0.05, 0.1) is 4.90 Å². The minimum Gasteiger partial charge on any atom is -1.00 e. The Morgan fingerprint density at radius 2 is 1.88 bits per heavy atom. The number of anilines is 1. The summed E-state index contributed by atoms with van der Waals surface area (Å²) < 4.78 is 30.7. The molecule has 4 nitrogen and oxygen atoms in total. The summed E-state index contributed by atoms with van der Waals surface area (Å²) in [7, 11) is -4.17. The van der Waals surface area contributed by atoms with E-state index in [0.29, 0.717) is 11.1 Å². The number of hydrogen-bond donors (Lipinski definition) is 2. The van der Waals surface area contributed by atoms with E-state index in [1.54, 1.807) is 18.2 Å². The summed E-state index contributed by atoms with van der Waals surface area (Å²) in [6.07, 6.45) is 0. The molecule has 2 aromatic rings. The van der Waals surface area contributed by atoms with Gasteiger partial charge in [0.1, 0.15) is 0 Å². The van der Waals surface area contributed by atoms with Crippen LogP contribution in [0.3, 0.4) is 0 Å². The van der Waals surface area contributed by atoms with Gasteiger partial charge in [-0.2, -0.15) is 8.42 Å². The van der Waals surface area contributed by atoms with Crippen molar-refractivity contribution in [3.63, 3.8) is 0 Å². The molecule has 6 heteroatoms. The molecule has 80 valence electrons. The van der Waals surface area contributed by atoms with E-state index >= 15 is 0 Å². The van der Waals surface area contributed by atoms with Gasteiger partial charge in [-0.05, 0) is 23.6 Å². The molecule has 0 bridgehead atoms. The fraction of sp³-hybridized carbons (Fsp3) is 0. The number of rotatable bonds is 1. The molecule has 0 aliphatic rings. The summed E-state index contributed by atoms with van der Waals surface area (Å²) in [5.41, 5.74) is 6.18. The molecule has 0 atom stereocenters. The smallest absolute Gasteiger partial charge is 1.00 e. The van der Waals surface area contributed by atoms with Crippen molar-refractivity contribution in [3.05, 3.63) is 36.4 Å². The van der Waals surface area contributed by atoms with E-state index in [0.717, 1.165) is 5.39 Å². The Hall–Kier alpha value is -0.590. The first-order valence-corrected chi connectivity index (χ1v) is 5.68. The second kappa shape index (κ2) is 4.73. The van der Waals surface area contributed by atoms with E-state index in [-0.39, 0.29) is 35.9 Å². The number of hydrogen-bond acceptors (Lipinski definition) is 3. The molecule has 2 rings (SSSR count). The van der Waals surface area contributed by atoms with Crippen molar-refractivity contribution in [2.24, 2.45) is 0 Å². The normalized spacial score (nSPS) is 11.1. The number of fused-ring (bicyclic) bond motifs is 1. The molecular formula is C10H10NNaO3S. The molecule has 0 saturated heterocycles. The van der Waals surface area contributed by atoms with Crippen LogP contribution in [0.5, 0.6) is 0 Å². The molecule has 0 fully saturated rings. The fourth-order valence-corrected chi connectivity index (χ4v) is 1.94. The van der Waals surface area contributed by atoms with E-state index in [1.807, 2.05) is 6.07 Å². The molecule has 0 unspecified atom stereocenters. The Balaban J connectivity index is 0.00000128. The van der Waals surface area contributed by atoms with E-state index in [1.165, 1.54) is 12.1 Å². The second-order valence-corrected chi connectivity index (χ2v) is 4.63. The molecule has 3 N–H and O–H groups in total. The molecule has 0 aromatic heterocycles. The Bertz CT molecular complexity index is 630. The van der Waals surface area contributed by atoms with E-state index in [4.69, 9.17) is 10.3 Å². The molecule has 0 saturated carbocycles. The average Bonchev–Trinajstić information content (AvgIpc) is 2.16. The van der Waals surface area contributed by atoms with Crippen LogP contribution >= 0.6 is 0 Å². The van der Waals surface area contributed by atoms with Crippen molar-refractivity contribution in [1.29, 1.82) is 0 Å². The van der Waals surface area contributed by atoms with Crippen LogP contribution < -0.4 is 35.3 Å². The Kier molecular flexibility index (Phi) is 3.98. The molecule has 0 aliphatic heterocycles. The zero-order valence-corrected chi connectivity index (χ0v) is 11.5. The summed E-state index contributed by atoms with van der Waals surface area (Å²) in [5.74, 6) is 0. The summed E-state index contributed by atoms with van der Waals surface area (Å²) >= 11 is 0. The minimum atomic E-state index is -4.17. The van der Waals surface area contributed by atoms with Gasteiger partial charge in [0.15, 0.2) is 0 Å². The fourth-order valence-electron chi connectivity index (χ4n) is 1.44. The van der Waals surface area contributed by atoms with Gasteiger partial charge >= 0.3 is 29.6 Å². The van der Waals surface area contributed by atoms with Crippen molar-refractivity contribution in [2.75, 3.05) is 5.73 Å². The summed E-state index contributed by atoms with van der Waals surface area (Å²) in [4.78, 5) is -0.145. The van der Waals surface area contributed by atoms with Crippen molar-refractivity contribution < 1.29 is 44.0 Å². The van der Waals surface area contributed by atoms with Crippen LogP contribution in [-0.4, -0.2) is 13.0 Å². The molecular weight excluding hydrogens is 237 g/mol. The Morgan fingerprint density at radius 3 is 2.50 bits per heavy atom. The van der Waals surface area contributed by atoms with Crippen LogP contribution in [0.15, 0.2) is 41.3 Å². The van der Waals surface area contributed by atoms with E-state index < -0.39 is 10.1 Å². The van der Waals surface area contributed by atoms with Crippen LogP contribution in [0, 0.1) is 0 Å². The van der Waals surface area contributed by atoms with Crippen LogP contribution in [0.1, 0.15) is 1.43 Å². The van der Waals surface area contributed by atoms with E-state index in [9.17, 15) is 8.42 Å². The third kappa shape index (κ3) is 2.56. The number of benzene rings is 2. The van der Waals surface area contributed by atoms with Crippen LogP contribution in [-0.2, 0) is 10.1 Å². The standard InChI is InChI=1S/C10H9NO3S.Na.H/c11-10-3-1-2-7-4-5-8(6-9(7)10)15(12,13)14;;/h1-6H,11H2,(H,12,13,14);;/q;+1;-1. The maximum Gasteiger partial charge on any atom is 1.00 e. The van der Waals surface area contributed by atoms with Gasteiger partial charge in [-0.25, -0.2) is 0 Å². The Morgan fingerprint density at radius 1 is 1.19 bits per heavy atom. The summed E-state index contributed by atoms with van der Waals surface area (Å²) in [5, 5.41) is 1.45. The predicted octanol–water partition coefficient (Wildman–Crippen LogP) is -1.21. The molecule has 0 amide bonds. The molecule has 0 radical (unpaired) electrons. The van der Waals surface area contributed by atoms with Gasteiger partial charge in [0.2, 0.25) is 0 Å². The third-order valence-corrected chi connectivity index (χ3v) is 3.03. The van der Waals surface area contributed by atoms with Crippen molar-refractivity contribution in [3.8, 4) is 0 Å². The number of nitrogens with two attached hydrogens (primary N) is 1. The zero-order chi connectivity index (χ0) is 11.1. The largest absolute Gasteiger partial charge is 1.00 e. The molecule has 0 aliphatic carbocycles. The van der Waals surface area contributed by atoms with Crippen molar-refractivity contribution in [1.82, 2.24) is 0 Å². The SMILES string of the molecule is Nc1cccc2ccc(S(=O)(=O)O)cc12.[H-].[Na+]. The zero-order valence-electron chi connectivity index (χ0n) is 9.71. The monoisotopic (exact) mass is 247 g/mol. The van der Waals surface area contributed by atoms with Crippen LogP contribution in [0.25, 0.3) is 10.8 Å². The number of nitrogen functional groups attached to an aromatic ring is 1. The molecule has 16 heavy (non-hydrogen) atoms. The second-order valence-electron chi connectivity index (χ2n) is 3.21. The minimum absolute atomic E-state index is 0. The summed E-state index contributed by atoms with van der Waals surface area (Å²) in [6.45, 7) is 0. The quantitative estimate of drug-likeness (QED) is 0.376. The van der Waals surface area contributed by atoms with Gasteiger partial charge in [-0.15, -0.1) is 0 Å². The first-order chi connectivity index (χ1) is 6.98. The van der Waals surface area contributed by atoms with Crippen LogP contribution in [0.2, 0.25) is 0 Å². The van der Waals surface area contributed by atoms with Crippen molar-refractivity contribution in [2.45, 2.75) is 4.90 Å². The van der Waals surface area contributed by atoms with Gasteiger partial charge in [-0.3, -0.25) is 4.55 Å². The van der Waals surface area contributed by atoms with Gasteiger partial charge in [0, 0.05) is 11.1 Å². The molecule has 0 heterocycles. The van der Waals surface area contributed by atoms with Gasteiger partial charge in [-0.1, -0.05) is 18.2 Å². The van der Waals surface area contributed by atoms with E-state index in [2.05, 4.69) is 0 Å². The van der Waals surface area contributed by atoms with Gasteiger partial charge < -0.3 is 7.16 Å².